The summed E-state index contributed by atoms with van der Waals surface area (Å²) in [6.07, 6.45) is 1.31. The van der Waals surface area contributed by atoms with Crippen LogP contribution in [-0.4, -0.2) is 41.7 Å². The highest BCUT2D eigenvalue weighted by Gasteiger charge is 2.29. The minimum atomic E-state index is -0.580. The lowest BCUT2D eigenvalue weighted by atomic mass is 10.1. The second-order valence-corrected chi connectivity index (χ2v) is 8.72. The minimum Gasteiger partial charge on any atom is -0.497 e. The van der Waals surface area contributed by atoms with Gasteiger partial charge in [-0.15, -0.1) is 11.8 Å². The van der Waals surface area contributed by atoms with E-state index < -0.39 is 6.04 Å². The van der Waals surface area contributed by atoms with E-state index >= 15 is 0 Å². The fourth-order valence-electron chi connectivity index (χ4n) is 3.21. The molecule has 1 N–H and O–H groups in total. The first-order valence-electron chi connectivity index (χ1n) is 10.9. The number of hydrogen-bond donors (Lipinski definition) is 1. The quantitative estimate of drug-likeness (QED) is 0.495. The maximum absolute atomic E-state index is 13.3. The summed E-state index contributed by atoms with van der Waals surface area (Å²) in [6, 6.07) is 13.2. The van der Waals surface area contributed by atoms with Gasteiger partial charge in [-0.1, -0.05) is 38.1 Å². The van der Waals surface area contributed by atoms with Crippen molar-refractivity contribution >= 4 is 23.6 Å². The molecule has 32 heavy (non-hydrogen) atoms. The van der Waals surface area contributed by atoms with Gasteiger partial charge in [0.1, 0.15) is 17.6 Å². The summed E-state index contributed by atoms with van der Waals surface area (Å²) in [6.45, 7) is 6.11. The Balaban J connectivity index is 2.10. The van der Waals surface area contributed by atoms with Gasteiger partial charge in [0.2, 0.25) is 11.8 Å². The van der Waals surface area contributed by atoms with E-state index in [-0.39, 0.29) is 36.0 Å². The summed E-state index contributed by atoms with van der Waals surface area (Å²) >= 11 is 1.50. The molecule has 0 aromatic heterocycles. The summed E-state index contributed by atoms with van der Waals surface area (Å²) < 4.78 is 18.5. The van der Waals surface area contributed by atoms with Crippen molar-refractivity contribution < 1.29 is 18.7 Å². The van der Waals surface area contributed by atoms with Crippen LogP contribution in [0.25, 0.3) is 0 Å². The van der Waals surface area contributed by atoms with E-state index in [0.29, 0.717) is 12.2 Å². The number of thioether (sulfide) groups is 1. The summed E-state index contributed by atoms with van der Waals surface area (Å²) in [4.78, 5) is 27.7. The molecule has 0 unspecified atom stereocenters. The minimum absolute atomic E-state index is 0.0313. The Labute approximate surface area is 194 Å². The maximum Gasteiger partial charge on any atom is 0.243 e. The summed E-state index contributed by atoms with van der Waals surface area (Å²) in [5.74, 6) is 1.12. The molecule has 0 saturated heterocycles. The van der Waals surface area contributed by atoms with Gasteiger partial charge in [-0.2, -0.15) is 0 Å². The third-order valence-corrected chi connectivity index (χ3v) is 6.29. The van der Waals surface area contributed by atoms with Crippen LogP contribution in [0.2, 0.25) is 0 Å². The number of halogens is 1. The van der Waals surface area contributed by atoms with E-state index in [1.165, 1.54) is 23.9 Å². The van der Waals surface area contributed by atoms with E-state index in [0.717, 1.165) is 23.3 Å². The number of amides is 2. The Kier molecular flexibility index (Phi) is 10.5. The Morgan fingerprint density at radius 3 is 2.22 bits per heavy atom. The molecule has 0 saturated carbocycles. The Morgan fingerprint density at radius 1 is 1.03 bits per heavy atom. The van der Waals surface area contributed by atoms with E-state index in [9.17, 15) is 14.0 Å². The standard InChI is InChI=1S/C25H33FN2O3S/c1-5-18(3)27-25(30)23(6-2)28(15-19-7-11-21(26)12-8-19)24(29)17-32-16-20-9-13-22(31-4)14-10-20/h7-14,18,23H,5-6,15-17H2,1-4H3,(H,27,30)/t18-,23-/m1/s1. The average Bonchev–Trinajstić information content (AvgIpc) is 2.80. The van der Waals surface area contributed by atoms with Gasteiger partial charge in [-0.05, 0) is 55.2 Å². The highest BCUT2D eigenvalue weighted by Crippen LogP contribution is 2.19. The van der Waals surface area contributed by atoms with Crippen molar-refractivity contribution in [3.05, 3.63) is 65.5 Å². The van der Waals surface area contributed by atoms with Gasteiger partial charge in [0, 0.05) is 18.3 Å². The number of hydrogen-bond acceptors (Lipinski definition) is 4. The fourth-order valence-corrected chi connectivity index (χ4v) is 4.08. The largest absolute Gasteiger partial charge is 0.497 e. The van der Waals surface area contributed by atoms with Crippen LogP contribution in [-0.2, 0) is 21.9 Å². The van der Waals surface area contributed by atoms with Gasteiger partial charge in [0.05, 0.1) is 12.9 Å². The van der Waals surface area contributed by atoms with Gasteiger partial charge in [0.15, 0.2) is 0 Å². The normalized spacial score (nSPS) is 12.7. The number of methoxy groups -OCH3 is 1. The summed E-state index contributed by atoms with van der Waals surface area (Å²) in [7, 11) is 1.62. The maximum atomic E-state index is 13.3. The molecular formula is C25H33FN2O3S. The molecule has 5 nitrogen and oxygen atoms in total. The fraction of sp³-hybridized carbons (Fsp3) is 0.440. The number of rotatable bonds is 12. The monoisotopic (exact) mass is 460 g/mol. The van der Waals surface area contributed by atoms with Gasteiger partial charge in [-0.3, -0.25) is 9.59 Å². The topological polar surface area (TPSA) is 58.6 Å². The van der Waals surface area contributed by atoms with Crippen LogP contribution in [0.4, 0.5) is 4.39 Å². The molecule has 0 heterocycles. The van der Waals surface area contributed by atoms with Crippen LogP contribution < -0.4 is 10.1 Å². The van der Waals surface area contributed by atoms with E-state index in [1.54, 1.807) is 24.1 Å². The van der Waals surface area contributed by atoms with Crippen LogP contribution in [0.5, 0.6) is 5.75 Å². The molecule has 2 rings (SSSR count). The molecule has 0 aliphatic rings. The third-order valence-electron chi connectivity index (χ3n) is 5.31. The lowest BCUT2D eigenvalue weighted by Crippen LogP contribution is -2.51. The van der Waals surface area contributed by atoms with Crippen molar-refractivity contribution in [3.8, 4) is 5.75 Å². The molecule has 7 heteroatoms. The van der Waals surface area contributed by atoms with Gasteiger partial charge >= 0.3 is 0 Å². The number of carbonyl (C=O) groups is 2. The number of benzene rings is 2. The van der Waals surface area contributed by atoms with Gasteiger partial charge in [0.25, 0.3) is 0 Å². The molecular weight excluding hydrogens is 427 g/mol. The van der Waals surface area contributed by atoms with Gasteiger partial charge < -0.3 is 15.0 Å². The lowest BCUT2D eigenvalue weighted by Gasteiger charge is -2.31. The number of nitrogens with zero attached hydrogens (tertiary/aromatic N) is 1. The Morgan fingerprint density at radius 2 is 1.66 bits per heavy atom. The zero-order chi connectivity index (χ0) is 23.5. The van der Waals surface area contributed by atoms with Crippen LogP contribution >= 0.6 is 11.8 Å². The molecule has 2 aromatic carbocycles. The van der Waals surface area contributed by atoms with Gasteiger partial charge in [-0.25, -0.2) is 4.39 Å². The highest BCUT2D eigenvalue weighted by atomic mass is 32.2. The molecule has 174 valence electrons. The van der Waals surface area contributed by atoms with E-state index in [2.05, 4.69) is 5.32 Å². The van der Waals surface area contributed by atoms with Crippen molar-refractivity contribution in [1.82, 2.24) is 10.2 Å². The van der Waals surface area contributed by atoms with Crippen LogP contribution in [0, 0.1) is 5.82 Å². The molecule has 0 spiro atoms. The number of carbonyl (C=O) groups excluding carboxylic acids is 2. The molecule has 2 atom stereocenters. The van der Waals surface area contributed by atoms with E-state index in [1.807, 2.05) is 45.0 Å². The smallest absolute Gasteiger partial charge is 0.243 e. The third kappa shape index (κ3) is 7.86. The van der Waals surface area contributed by atoms with Crippen LogP contribution in [0.3, 0.4) is 0 Å². The molecule has 0 aliphatic carbocycles. The number of nitrogens with one attached hydrogen (secondary N) is 1. The lowest BCUT2D eigenvalue weighted by molar-refractivity contribution is -0.139. The van der Waals surface area contributed by atoms with Crippen molar-refractivity contribution in [1.29, 1.82) is 0 Å². The van der Waals surface area contributed by atoms with Crippen LogP contribution in [0.15, 0.2) is 48.5 Å². The predicted octanol–water partition coefficient (Wildman–Crippen LogP) is 4.79. The van der Waals surface area contributed by atoms with Crippen molar-refractivity contribution in [3.63, 3.8) is 0 Å². The number of ether oxygens (including phenoxy) is 1. The Hall–Kier alpha value is -2.54. The molecule has 0 fully saturated rings. The first-order chi connectivity index (χ1) is 15.4. The summed E-state index contributed by atoms with van der Waals surface area (Å²) in [5, 5.41) is 2.99. The molecule has 0 bridgehead atoms. The second kappa shape index (κ2) is 13.1. The predicted molar refractivity (Wildman–Crippen MR) is 128 cm³/mol. The van der Waals surface area contributed by atoms with Crippen molar-refractivity contribution in [2.24, 2.45) is 0 Å². The molecule has 2 amide bonds. The molecule has 0 radical (unpaired) electrons. The first kappa shape index (κ1) is 25.7. The van der Waals surface area contributed by atoms with Crippen LogP contribution in [0.1, 0.15) is 44.7 Å². The second-order valence-electron chi connectivity index (χ2n) is 7.73. The molecule has 0 aliphatic heterocycles. The van der Waals surface area contributed by atoms with E-state index in [4.69, 9.17) is 4.74 Å². The zero-order valence-corrected chi connectivity index (χ0v) is 20.1. The summed E-state index contributed by atoms with van der Waals surface area (Å²) in [5.41, 5.74) is 1.88. The Bertz CT molecular complexity index is 858. The zero-order valence-electron chi connectivity index (χ0n) is 19.3. The molecule has 2 aromatic rings. The van der Waals surface area contributed by atoms with Crippen molar-refractivity contribution in [2.75, 3.05) is 12.9 Å². The SMILES string of the molecule is CC[C@@H](C)NC(=O)[C@@H](CC)N(Cc1ccc(F)cc1)C(=O)CSCc1ccc(OC)cc1. The van der Waals surface area contributed by atoms with Crippen molar-refractivity contribution in [2.45, 2.75) is 58.0 Å². The first-order valence-corrected chi connectivity index (χ1v) is 12.1. The highest BCUT2D eigenvalue weighted by molar-refractivity contribution is 7.99. The average molecular weight is 461 g/mol.